The molecule has 1 aliphatic heterocycles. The van der Waals surface area contributed by atoms with E-state index in [9.17, 15) is 22.0 Å². The van der Waals surface area contributed by atoms with Crippen LogP contribution in [0.1, 0.15) is 49.3 Å². The quantitative estimate of drug-likeness (QED) is 0.165. The maximum Gasteiger partial charge on any atom is 0.387 e. The number of benzene rings is 2. The van der Waals surface area contributed by atoms with E-state index in [1.54, 1.807) is 0 Å². The number of rotatable bonds is 14. The second-order valence-corrected chi connectivity index (χ2v) is 13.9. The summed E-state index contributed by atoms with van der Waals surface area (Å²) < 4.78 is 82.5. The Labute approximate surface area is 281 Å². The lowest BCUT2D eigenvalue weighted by atomic mass is 10.0. The maximum absolute atomic E-state index is 14.0. The third-order valence-corrected chi connectivity index (χ3v) is 10.6. The van der Waals surface area contributed by atoms with Crippen LogP contribution in [0.5, 0.6) is 23.0 Å². The van der Waals surface area contributed by atoms with Gasteiger partial charge >= 0.3 is 12.6 Å². The number of pyridine rings is 1. The lowest BCUT2D eigenvalue weighted by molar-refractivity contribution is -0.155. The Balaban J connectivity index is 1.48. The lowest BCUT2D eigenvalue weighted by Gasteiger charge is -2.34. The van der Waals surface area contributed by atoms with E-state index in [0.29, 0.717) is 42.2 Å². The van der Waals surface area contributed by atoms with Gasteiger partial charge in [0.25, 0.3) is 0 Å². The molecule has 2 atom stereocenters. The van der Waals surface area contributed by atoms with Crippen LogP contribution in [0.3, 0.4) is 0 Å². The third-order valence-electron chi connectivity index (χ3n) is 8.01. The van der Waals surface area contributed by atoms with Gasteiger partial charge in [0.2, 0.25) is 10.0 Å². The fourth-order valence-electron chi connectivity index (χ4n) is 5.33. The number of hydrogen-bond donors (Lipinski definition) is 0. The second kappa shape index (κ2) is 15.2. The SMILES string of the molecule is COc1ccc(S(=O)(=O)N2CCCC[C@H]2C(=O)O[C@@H](Cc2c(Cl)cncc2Cl)c2ccc(OC(F)F)c(OCC3CC3)c2)cc1OC. The highest BCUT2D eigenvalue weighted by molar-refractivity contribution is 7.89. The van der Waals surface area contributed by atoms with Gasteiger partial charge in [-0.2, -0.15) is 13.1 Å². The molecule has 5 rings (SSSR count). The fourth-order valence-corrected chi connectivity index (χ4v) is 7.51. The molecule has 0 amide bonds. The van der Waals surface area contributed by atoms with Crippen LogP contribution >= 0.6 is 23.2 Å². The van der Waals surface area contributed by atoms with E-state index in [-0.39, 0.29) is 51.6 Å². The summed E-state index contributed by atoms with van der Waals surface area (Å²) in [5.41, 5.74) is 0.799. The number of carbonyl (C=O) groups is 1. The number of esters is 1. The van der Waals surface area contributed by atoms with Gasteiger partial charge in [0.05, 0.1) is 35.8 Å². The van der Waals surface area contributed by atoms with Crippen molar-refractivity contribution in [3.63, 3.8) is 0 Å². The van der Waals surface area contributed by atoms with Crippen LogP contribution in [-0.2, 0) is 26.0 Å². The molecule has 254 valence electrons. The van der Waals surface area contributed by atoms with Crippen LogP contribution in [0.15, 0.2) is 53.7 Å². The first-order chi connectivity index (χ1) is 22.5. The number of carbonyl (C=O) groups excluding carboxylic acids is 1. The van der Waals surface area contributed by atoms with Crippen LogP contribution in [0.4, 0.5) is 8.78 Å². The standard InChI is InChI=1S/C32H34Cl2F2N2O8S/c1-42-26-11-9-21(14-29(26)43-2)47(40,41)38-12-4-3-5-25(38)31(39)45-28(15-22-23(33)16-37-17-24(22)34)20-8-10-27(46-32(35)36)30(13-20)44-18-19-6-7-19/h8-11,13-14,16-17,19,25,28,32H,3-7,12,15,18H2,1-2H3/t25-,28-/m0/s1. The largest absolute Gasteiger partial charge is 0.493 e. The fraction of sp³-hybridized carbons (Fsp3) is 0.438. The van der Waals surface area contributed by atoms with Crippen molar-refractivity contribution in [2.75, 3.05) is 27.4 Å². The van der Waals surface area contributed by atoms with Crippen molar-refractivity contribution >= 4 is 39.2 Å². The number of nitrogens with zero attached hydrogens (tertiary/aromatic N) is 2. The van der Waals surface area contributed by atoms with Crippen molar-refractivity contribution in [1.29, 1.82) is 0 Å². The molecular weight excluding hydrogens is 681 g/mol. The zero-order valence-electron chi connectivity index (χ0n) is 25.7. The smallest absolute Gasteiger partial charge is 0.387 e. The van der Waals surface area contributed by atoms with Crippen molar-refractivity contribution < 1.29 is 45.7 Å². The molecule has 15 heteroatoms. The number of sulfonamides is 1. The minimum absolute atomic E-state index is 0.0296. The summed E-state index contributed by atoms with van der Waals surface area (Å²) in [4.78, 5) is 17.9. The average Bonchev–Trinajstić information content (AvgIpc) is 3.89. The zero-order valence-corrected chi connectivity index (χ0v) is 28.0. The van der Waals surface area contributed by atoms with Gasteiger partial charge in [0, 0.05) is 31.4 Å². The normalized spacial score (nSPS) is 17.6. The van der Waals surface area contributed by atoms with E-state index in [1.165, 1.54) is 63.0 Å². The first-order valence-corrected chi connectivity index (χ1v) is 17.1. The number of alkyl halides is 2. The van der Waals surface area contributed by atoms with E-state index in [4.69, 9.17) is 42.1 Å². The van der Waals surface area contributed by atoms with Crippen LogP contribution in [0.2, 0.25) is 10.0 Å². The number of aromatic nitrogens is 1. The van der Waals surface area contributed by atoms with E-state index in [1.807, 2.05) is 0 Å². The Hall–Kier alpha value is -3.39. The molecule has 1 saturated carbocycles. The molecule has 2 heterocycles. The monoisotopic (exact) mass is 714 g/mol. The predicted octanol–water partition coefficient (Wildman–Crippen LogP) is 6.87. The molecule has 0 radical (unpaired) electrons. The molecule has 1 aromatic heterocycles. The Kier molecular flexibility index (Phi) is 11.3. The predicted molar refractivity (Wildman–Crippen MR) is 169 cm³/mol. The minimum atomic E-state index is -4.18. The molecule has 0 spiro atoms. The van der Waals surface area contributed by atoms with E-state index < -0.39 is 34.7 Å². The first kappa shape index (κ1) is 34.9. The number of halogens is 4. The highest BCUT2D eigenvalue weighted by Gasteiger charge is 2.40. The highest BCUT2D eigenvalue weighted by atomic mass is 35.5. The molecule has 1 aliphatic carbocycles. The summed E-state index contributed by atoms with van der Waals surface area (Å²) in [5, 5.41) is 0.438. The Morgan fingerprint density at radius 1 is 0.957 bits per heavy atom. The van der Waals surface area contributed by atoms with E-state index in [2.05, 4.69) is 9.72 Å². The van der Waals surface area contributed by atoms with Crippen molar-refractivity contribution in [3.05, 3.63) is 70.0 Å². The van der Waals surface area contributed by atoms with Crippen LogP contribution in [-0.4, -0.2) is 63.7 Å². The summed E-state index contributed by atoms with van der Waals surface area (Å²) in [6.45, 7) is -2.69. The molecule has 0 N–H and O–H groups in total. The molecule has 2 aromatic carbocycles. The van der Waals surface area contributed by atoms with Gasteiger partial charge in [0.1, 0.15) is 12.1 Å². The van der Waals surface area contributed by atoms with Gasteiger partial charge in [-0.1, -0.05) is 29.3 Å². The van der Waals surface area contributed by atoms with Gasteiger partial charge in [-0.25, -0.2) is 8.42 Å². The summed E-state index contributed by atoms with van der Waals surface area (Å²) >= 11 is 12.9. The van der Waals surface area contributed by atoms with Gasteiger partial charge in [0.15, 0.2) is 23.0 Å². The summed E-state index contributed by atoms with van der Waals surface area (Å²) in [6, 6.07) is 7.31. The van der Waals surface area contributed by atoms with Gasteiger partial charge in [-0.15, -0.1) is 0 Å². The Morgan fingerprint density at radius 2 is 1.66 bits per heavy atom. The molecule has 0 bridgehead atoms. The molecule has 2 aliphatic rings. The highest BCUT2D eigenvalue weighted by Crippen LogP contribution is 2.39. The molecule has 10 nitrogen and oxygen atoms in total. The van der Waals surface area contributed by atoms with Crippen molar-refractivity contribution in [2.45, 2.75) is 62.2 Å². The minimum Gasteiger partial charge on any atom is -0.493 e. The lowest BCUT2D eigenvalue weighted by Crippen LogP contribution is -2.48. The number of hydrogen-bond acceptors (Lipinski definition) is 9. The van der Waals surface area contributed by atoms with Gasteiger partial charge in [-0.05, 0) is 73.4 Å². The van der Waals surface area contributed by atoms with Gasteiger partial charge < -0.3 is 23.7 Å². The number of methoxy groups -OCH3 is 2. The maximum atomic E-state index is 14.0. The van der Waals surface area contributed by atoms with Crippen molar-refractivity contribution in [3.8, 4) is 23.0 Å². The number of ether oxygens (including phenoxy) is 5. The molecule has 3 aromatic rings. The van der Waals surface area contributed by atoms with Gasteiger partial charge in [-0.3, -0.25) is 9.78 Å². The second-order valence-electron chi connectivity index (χ2n) is 11.2. The van der Waals surface area contributed by atoms with E-state index >= 15 is 0 Å². The topological polar surface area (TPSA) is 113 Å². The molecular formula is C32H34Cl2F2N2O8S. The number of piperidine rings is 1. The summed E-state index contributed by atoms with van der Waals surface area (Å²) in [7, 11) is -1.35. The van der Waals surface area contributed by atoms with Crippen molar-refractivity contribution in [1.82, 2.24) is 9.29 Å². The van der Waals surface area contributed by atoms with E-state index in [0.717, 1.165) is 17.1 Å². The first-order valence-electron chi connectivity index (χ1n) is 15.0. The zero-order chi connectivity index (χ0) is 33.7. The van der Waals surface area contributed by atoms with Crippen molar-refractivity contribution in [2.24, 2.45) is 5.92 Å². The average molecular weight is 716 g/mol. The summed E-state index contributed by atoms with van der Waals surface area (Å²) in [5.74, 6) is -0.0380. The molecule has 1 saturated heterocycles. The Bertz CT molecular complexity index is 1670. The summed E-state index contributed by atoms with van der Waals surface area (Å²) in [6.07, 6.45) is 4.95. The van der Waals surface area contributed by atoms with Crippen LogP contribution < -0.4 is 18.9 Å². The molecule has 2 fully saturated rings. The molecule has 47 heavy (non-hydrogen) atoms. The third kappa shape index (κ3) is 8.37. The molecule has 0 unspecified atom stereocenters. The van der Waals surface area contributed by atoms with Crippen LogP contribution in [0, 0.1) is 5.92 Å². The van der Waals surface area contributed by atoms with Crippen LogP contribution in [0.25, 0.3) is 0 Å². The Morgan fingerprint density at radius 3 is 2.32 bits per heavy atom.